The van der Waals surface area contributed by atoms with Gasteiger partial charge in [0.1, 0.15) is 0 Å². The summed E-state index contributed by atoms with van der Waals surface area (Å²) in [6, 6.07) is 0.379. The van der Waals surface area contributed by atoms with Gasteiger partial charge in [-0.05, 0) is 25.8 Å². The van der Waals surface area contributed by atoms with Crippen molar-refractivity contribution in [3.8, 4) is 0 Å². The van der Waals surface area contributed by atoms with E-state index in [9.17, 15) is 0 Å². The summed E-state index contributed by atoms with van der Waals surface area (Å²) in [5.41, 5.74) is 5.84. The molecule has 0 aromatic heterocycles. The van der Waals surface area contributed by atoms with E-state index in [1.807, 2.05) is 0 Å². The van der Waals surface area contributed by atoms with Crippen LogP contribution in [0.4, 0.5) is 0 Å². The Morgan fingerprint density at radius 2 is 2.31 bits per heavy atom. The lowest BCUT2D eigenvalue weighted by atomic mass is 10.0. The van der Waals surface area contributed by atoms with Crippen molar-refractivity contribution in [2.75, 3.05) is 40.5 Å². The lowest BCUT2D eigenvalue weighted by Gasteiger charge is -2.33. The number of nitrogens with zero attached hydrogens (tertiary/aromatic N) is 1. The summed E-state index contributed by atoms with van der Waals surface area (Å²) in [5.74, 6) is 0.460. The highest BCUT2D eigenvalue weighted by molar-refractivity contribution is 4.79. The standard InChI is InChI=1S/C12H26N2O2/c1-10(9-15-3)12(7-13)14(2)8-11-5-4-6-16-11/h10-12H,4-9,13H2,1-3H3. The molecule has 16 heavy (non-hydrogen) atoms. The Labute approximate surface area is 99.1 Å². The van der Waals surface area contributed by atoms with Gasteiger partial charge in [0.15, 0.2) is 0 Å². The predicted octanol–water partition coefficient (Wildman–Crippen LogP) is 0.707. The van der Waals surface area contributed by atoms with Crippen LogP contribution in [0.2, 0.25) is 0 Å². The molecule has 4 heteroatoms. The minimum absolute atomic E-state index is 0.379. The van der Waals surface area contributed by atoms with Crippen molar-refractivity contribution in [1.82, 2.24) is 4.90 Å². The Morgan fingerprint density at radius 3 is 2.81 bits per heavy atom. The summed E-state index contributed by atoms with van der Waals surface area (Å²) < 4.78 is 10.8. The molecular weight excluding hydrogens is 204 g/mol. The lowest BCUT2D eigenvalue weighted by molar-refractivity contribution is 0.0452. The number of nitrogens with two attached hydrogens (primary N) is 1. The Morgan fingerprint density at radius 1 is 1.56 bits per heavy atom. The number of methoxy groups -OCH3 is 1. The molecule has 1 fully saturated rings. The highest BCUT2D eigenvalue weighted by Crippen LogP contribution is 2.16. The third-order valence-electron chi connectivity index (χ3n) is 3.41. The second-order valence-corrected chi connectivity index (χ2v) is 4.81. The molecule has 96 valence electrons. The van der Waals surface area contributed by atoms with E-state index in [-0.39, 0.29) is 0 Å². The van der Waals surface area contributed by atoms with Gasteiger partial charge in [0.2, 0.25) is 0 Å². The van der Waals surface area contributed by atoms with Crippen LogP contribution in [0.25, 0.3) is 0 Å². The minimum atomic E-state index is 0.379. The molecule has 1 rings (SSSR count). The number of rotatable bonds is 7. The molecule has 4 nitrogen and oxygen atoms in total. The largest absolute Gasteiger partial charge is 0.384 e. The van der Waals surface area contributed by atoms with Gasteiger partial charge in [-0.3, -0.25) is 4.90 Å². The van der Waals surface area contributed by atoms with E-state index in [0.29, 0.717) is 24.6 Å². The summed E-state index contributed by atoms with van der Waals surface area (Å²) in [6.45, 7) is 5.52. The summed E-state index contributed by atoms with van der Waals surface area (Å²) in [4.78, 5) is 2.32. The zero-order chi connectivity index (χ0) is 12.0. The first kappa shape index (κ1) is 13.9. The smallest absolute Gasteiger partial charge is 0.0702 e. The van der Waals surface area contributed by atoms with Crippen molar-refractivity contribution in [3.63, 3.8) is 0 Å². The van der Waals surface area contributed by atoms with Crippen LogP contribution >= 0.6 is 0 Å². The van der Waals surface area contributed by atoms with Crippen molar-refractivity contribution in [3.05, 3.63) is 0 Å². The van der Waals surface area contributed by atoms with Crippen molar-refractivity contribution >= 4 is 0 Å². The average molecular weight is 230 g/mol. The summed E-state index contributed by atoms with van der Waals surface area (Å²) in [7, 11) is 3.87. The van der Waals surface area contributed by atoms with Gasteiger partial charge in [-0.25, -0.2) is 0 Å². The van der Waals surface area contributed by atoms with Gasteiger partial charge in [0.25, 0.3) is 0 Å². The first-order valence-electron chi connectivity index (χ1n) is 6.19. The maximum absolute atomic E-state index is 5.84. The van der Waals surface area contributed by atoms with Crippen LogP contribution in [0.5, 0.6) is 0 Å². The van der Waals surface area contributed by atoms with Crippen molar-refractivity contribution in [2.45, 2.75) is 31.9 Å². The Balaban J connectivity index is 2.37. The summed E-state index contributed by atoms with van der Waals surface area (Å²) >= 11 is 0. The third kappa shape index (κ3) is 4.01. The number of ether oxygens (including phenoxy) is 2. The fourth-order valence-corrected chi connectivity index (χ4v) is 2.47. The van der Waals surface area contributed by atoms with E-state index in [1.165, 1.54) is 12.8 Å². The van der Waals surface area contributed by atoms with Crippen molar-refractivity contribution in [2.24, 2.45) is 11.7 Å². The number of likely N-dealkylation sites (N-methyl/N-ethyl adjacent to an activating group) is 1. The van der Waals surface area contributed by atoms with Gasteiger partial charge < -0.3 is 15.2 Å². The van der Waals surface area contributed by atoms with E-state index in [0.717, 1.165) is 19.8 Å². The molecule has 3 atom stereocenters. The molecule has 1 heterocycles. The van der Waals surface area contributed by atoms with E-state index in [2.05, 4.69) is 18.9 Å². The second-order valence-electron chi connectivity index (χ2n) is 4.81. The fourth-order valence-electron chi connectivity index (χ4n) is 2.47. The zero-order valence-corrected chi connectivity index (χ0v) is 10.8. The van der Waals surface area contributed by atoms with Crippen molar-refractivity contribution in [1.29, 1.82) is 0 Å². The number of hydrogen-bond acceptors (Lipinski definition) is 4. The van der Waals surface area contributed by atoms with Crippen LogP contribution in [0, 0.1) is 5.92 Å². The van der Waals surface area contributed by atoms with Crippen molar-refractivity contribution < 1.29 is 9.47 Å². The molecule has 0 aromatic rings. The molecule has 0 spiro atoms. The third-order valence-corrected chi connectivity index (χ3v) is 3.41. The summed E-state index contributed by atoms with van der Waals surface area (Å²) in [5, 5.41) is 0. The van der Waals surface area contributed by atoms with Gasteiger partial charge in [-0.15, -0.1) is 0 Å². The molecule has 1 saturated heterocycles. The van der Waals surface area contributed by atoms with Gasteiger partial charge in [0, 0.05) is 32.8 Å². The molecule has 2 N–H and O–H groups in total. The molecule has 1 aliphatic heterocycles. The minimum Gasteiger partial charge on any atom is -0.384 e. The topological polar surface area (TPSA) is 47.7 Å². The Hall–Kier alpha value is -0.160. The molecule has 0 aliphatic carbocycles. The van der Waals surface area contributed by atoms with Crippen LogP contribution in [0.15, 0.2) is 0 Å². The number of hydrogen-bond donors (Lipinski definition) is 1. The average Bonchev–Trinajstić information content (AvgIpc) is 2.71. The quantitative estimate of drug-likeness (QED) is 0.699. The molecule has 3 unspecified atom stereocenters. The second kappa shape index (κ2) is 7.22. The molecule has 1 aliphatic rings. The first-order chi connectivity index (χ1) is 7.69. The molecule has 0 aromatic carbocycles. The molecule has 0 saturated carbocycles. The predicted molar refractivity (Wildman–Crippen MR) is 65.5 cm³/mol. The van der Waals surface area contributed by atoms with E-state index in [4.69, 9.17) is 15.2 Å². The fraction of sp³-hybridized carbons (Fsp3) is 1.00. The van der Waals surface area contributed by atoms with Crippen LogP contribution in [0.3, 0.4) is 0 Å². The van der Waals surface area contributed by atoms with E-state index < -0.39 is 0 Å². The Kier molecular flexibility index (Phi) is 6.28. The maximum Gasteiger partial charge on any atom is 0.0702 e. The summed E-state index contributed by atoms with van der Waals surface area (Å²) in [6.07, 6.45) is 2.77. The Bertz CT molecular complexity index is 184. The highest BCUT2D eigenvalue weighted by atomic mass is 16.5. The normalized spacial score (nSPS) is 24.9. The van der Waals surface area contributed by atoms with Gasteiger partial charge in [-0.2, -0.15) is 0 Å². The van der Waals surface area contributed by atoms with E-state index in [1.54, 1.807) is 7.11 Å². The molecule has 0 bridgehead atoms. The first-order valence-corrected chi connectivity index (χ1v) is 6.19. The van der Waals surface area contributed by atoms with Gasteiger partial charge in [-0.1, -0.05) is 6.92 Å². The monoisotopic (exact) mass is 230 g/mol. The van der Waals surface area contributed by atoms with Crippen LogP contribution < -0.4 is 5.73 Å². The molecule has 0 amide bonds. The molecule has 0 radical (unpaired) electrons. The van der Waals surface area contributed by atoms with Crippen LogP contribution in [-0.4, -0.2) is 57.5 Å². The van der Waals surface area contributed by atoms with Gasteiger partial charge >= 0.3 is 0 Å². The molecular formula is C12H26N2O2. The van der Waals surface area contributed by atoms with E-state index >= 15 is 0 Å². The zero-order valence-electron chi connectivity index (χ0n) is 10.8. The maximum atomic E-state index is 5.84. The van der Waals surface area contributed by atoms with Crippen LogP contribution in [0.1, 0.15) is 19.8 Å². The van der Waals surface area contributed by atoms with Gasteiger partial charge in [0.05, 0.1) is 12.7 Å². The van der Waals surface area contributed by atoms with Crippen LogP contribution in [-0.2, 0) is 9.47 Å². The lowest BCUT2D eigenvalue weighted by Crippen LogP contribution is -2.46. The highest BCUT2D eigenvalue weighted by Gasteiger charge is 2.24. The SMILES string of the molecule is COCC(C)C(CN)N(C)CC1CCCO1.